The summed E-state index contributed by atoms with van der Waals surface area (Å²) in [6.07, 6.45) is -2.76. The SMILES string of the molecule is COC(=O)[C@@H]1[C@H]2C[C@H]2CN1c1ccc(NC(=O)c2c[nH]c3ccccc3c2=O)c(C(F)(F)F)c1. The summed E-state index contributed by atoms with van der Waals surface area (Å²) in [5.41, 5.74) is -1.72. The molecule has 34 heavy (non-hydrogen) atoms. The summed E-state index contributed by atoms with van der Waals surface area (Å²) in [4.78, 5) is 42.1. The molecule has 2 heterocycles. The summed E-state index contributed by atoms with van der Waals surface area (Å²) < 4.78 is 46.7. The molecule has 2 aliphatic rings. The van der Waals surface area contributed by atoms with Crippen LogP contribution in [-0.2, 0) is 15.7 Å². The zero-order chi connectivity index (χ0) is 24.2. The molecule has 7 nitrogen and oxygen atoms in total. The molecule has 10 heteroatoms. The maximum atomic E-state index is 13.9. The fourth-order valence-corrected chi connectivity index (χ4v) is 4.73. The van der Waals surface area contributed by atoms with E-state index in [-0.39, 0.29) is 28.5 Å². The Kier molecular flexibility index (Phi) is 5.11. The molecular weight excluding hydrogens is 451 g/mol. The fourth-order valence-electron chi connectivity index (χ4n) is 4.73. The molecule has 5 rings (SSSR count). The van der Waals surface area contributed by atoms with E-state index < -0.39 is 40.8 Å². The number of anilines is 2. The average Bonchev–Trinajstić information content (AvgIpc) is 3.47. The Morgan fingerprint density at radius 3 is 2.68 bits per heavy atom. The van der Waals surface area contributed by atoms with Gasteiger partial charge in [-0.1, -0.05) is 12.1 Å². The molecule has 0 unspecified atom stereocenters. The minimum absolute atomic E-state index is 0.0702. The van der Waals surface area contributed by atoms with Crippen LogP contribution in [0.4, 0.5) is 24.5 Å². The molecule has 176 valence electrons. The highest BCUT2D eigenvalue weighted by molar-refractivity contribution is 6.06. The molecule has 2 N–H and O–H groups in total. The van der Waals surface area contributed by atoms with E-state index in [4.69, 9.17) is 4.74 Å². The van der Waals surface area contributed by atoms with Crippen molar-refractivity contribution in [2.24, 2.45) is 11.8 Å². The van der Waals surface area contributed by atoms with Crippen LogP contribution in [0.3, 0.4) is 0 Å². The molecule has 2 fully saturated rings. The molecule has 1 aliphatic carbocycles. The number of hydrogen-bond donors (Lipinski definition) is 2. The number of ether oxygens (including phenoxy) is 1. The van der Waals surface area contributed by atoms with Crippen LogP contribution in [0.2, 0.25) is 0 Å². The van der Waals surface area contributed by atoms with E-state index in [9.17, 15) is 27.6 Å². The van der Waals surface area contributed by atoms with E-state index >= 15 is 0 Å². The maximum absolute atomic E-state index is 13.9. The molecule has 3 aromatic rings. The molecule has 1 saturated carbocycles. The number of carbonyl (C=O) groups excluding carboxylic acids is 2. The number of para-hydroxylation sites is 1. The lowest BCUT2D eigenvalue weighted by molar-refractivity contribution is -0.142. The van der Waals surface area contributed by atoms with Gasteiger partial charge >= 0.3 is 12.1 Å². The van der Waals surface area contributed by atoms with Crippen LogP contribution in [0.25, 0.3) is 10.9 Å². The Balaban J connectivity index is 1.48. The zero-order valence-corrected chi connectivity index (χ0v) is 18.0. The summed E-state index contributed by atoms with van der Waals surface area (Å²) in [5, 5.41) is 2.48. The van der Waals surface area contributed by atoms with Crippen molar-refractivity contribution in [3.8, 4) is 0 Å². The van der Waals surface area contributed by atoms with Crippen LogP contribution in [0.15, 0.2) is 53.5 Å². The van der Waals surface area contributed by atoms with Crippen LogP contribution < -0.4 is 15.6 Å². The predicted octanol–water partition coefficient (Wildman–Crippen LogP) is 3.80. The summed E-state index contributed by atoms with van der Waals surface area (Å²) in [6, 6.07) is 9.38. The number of aromatic amines is 1. The van der Waals surface area contributed by atoms with Crippen molar-refractivity contribution in [1.29, 1.82) is 0 Å². The molecule has 1 saturated heterocycles. The first-order valence-electron chi connectivity index (χ1n) is 10.7. The van der Waals surface area contributed by atoms with Crippen molar-refractivity contribution >= 4 is 34.2 Å². The first-order chi connectivity index (χ1) is 16.2. The molecular formula is C24H20F3N3O4. The highest BCUT2D eigenvalue weighted by Crippen LogP contribution is 2.51. The molecule has 1 aliphatic heterocycles. The number of carbonyl (C=O) groups is 2. The van der Waals surface area contributed by atoms with Crippen molar-refractivity contribution in [2.45, 2.75) is 18.6 Å². The number of esters is 1. The molecule has 1 amide bonds. The number of nitrogens with zero attached hydrogens (tertiary/aromatic N) is 1. The van der Waals surface area contributed by atoms with E-state index in [1.807, 2.05) is 0 Å². The Morgan fingerprint density at radius 2 is 1.94 bits per heavy atom. The number of fused-ring (bicyclic) bond motifs is 2. The lowest BCUT2D eigenvalue weighted by Gasteiger charge is -2.28. The van der Waals surface area contributed by atoms with Gasteiger partial charge in [-0.05, 0) is 48.6 Å². The van der Waals surface area contributed by atoms with Gasteiger partial charge in [-0.3, -0.25) is 9.59 Å². The average molecular weight is 471 g/mol. The Bertz CT molecular complexity index is 1370. The fraction of sp³-hybridized carbons (Fsp3) is 0.292. The summed E-state index contributed by atoms with van der Waals surface area (Å²) in [7, 11) is 1.25. The van der Waals surface area contributed by atoms with Crippen molar-refractivity contribution in [3.63, 3.8) is 0 Å². The Morgan fingerprint density at radius 1 is 1.18 bits per heavy atom. The van der Waals surface area contributed by atoms with E-state index in [2.05, 4.69) is 10.3 Å². The number of amides is 1. The molecule has 0 bridgehead atoms. The molecule has 2 aromatic carbocycles. The zero-order valence-electron chi connectivity index (χ0n) is 18.0. The van der Waals surface area contributed by atoms with Crippen molar-refractivity contribution in [2.75, 3.05) is 23.9 Å². The topological polar surface area (TPSA) is 91.5 Å². The molecule has 0 spiro atoms. The number of methoxy groups -OCH3 is 1. The number of aromatic nitrogens is 1. The number of alkyl halides is 3. The first-order valence-corrected chi connectivity index (χ1v) is 10.7. The number of piperidine rings is 1. The third kappa shape index (κ3) is 3.68. The predicted molar refractivity (Wildman–Crippen MR) is 119 cm³/mol. The molecule has 3 atom stereocenters. The summed E-state index contributed by atoms with van der Waals surface area (Å²) in [6.45, 7) is 0.458. The number of nitrogens with one attached hydrogen (secondary N) is 2. The van der Waals surface area contributed by atoms with E-state index in [0.29, 0.717) is 12.1 Å². The number of pyridine rings is 1. The van der Waals surface area contributed by atoms with Gasteiger partial charge < -0.3 is 19.9 Å². The standard InChI is InChI=1S/C24H20F3N3O4/c1-34-23(33)20-15-8-12(15)11-30(20)13-6-7-19(17(9-13)24(25,26)27)29-22(32)16-10-28-18-5-3-2-4-14(18)21(16)31/h2-7,9-10,12,15,20H,8,11H2,1H3,(H,28,31)(H,29,32)/t12-,15-,20-/m0/s1. The molecule has 1 aromatic heterocycles. The van der Waals surface area contributed by atoms with E-state index in [1.54, 1.807) is 23.1 Å². The van der Waals surface area contributed by atoms with E-state index in [0.717, 1.165) is 18.6 Å². The summed E-state index contributed by atoms with van der Waals surface area (Å²) >= 11 is 0. The molecule has 0 radical (unpaired) electrons. The second-order valence-electron chi connectivity index (χ2n) is 8.54. The lowest BCUT2D eigenvalue weighted by atomic mass is 10.1. The van der Waals surface area contributed by atoms with Crippen LogP contribution in [-0.4, -0.2) is 36.6 Å². The van der Waals surface area contributed by atoms with Crippen LogP contribution in [0, 0.1) is 11.8 Å². The minimum atomic E-state index is -4.78. The third-order valence-electron chi connectivity index (χ3n) is 6.51. The monoisotopic (exact) mass is 471 g/mol. The largest absolute Gasteiger partial charge is 0.467 e. The highest BCUT2D eigenvalue weighted by atomic mass is 19.4. The number of rotatable bonds is 4. The second-order valence-corrected chi connectivity index (χ2v) is 8.54. The highest BCUT2D eigenvalue weighted by Gasteiger charge is 2.56. The van der Waals surface area contributed by atoms with Crippen LogP contribution in [0.1, 0.15) is 22.3 Å². The second kappa shape index (κ2) is 7.89. The van der Waals surface area contributed by atoms with Gasteiger partial charge in [-0.25, -0.2) is 4.79 Å². The number of benzene rings is 2. The Labute approximate surface area is 191 Å². The van der Waals surface area contributed by atoms with Gasteiger partial charge in [0.2, 0.25) is 5.43 Å². The number of halogens is 3. The van der Waals surface area contributed by atoms with Gasteiger partial charge in [0, 0.05) is 29.3 Å². The van der Waals surface area contributed by atoms with Crippen LogP contribution >= 0.6 is 0 Å². The Hall–Kier alpha value is -3.82. The summed E-state index contributed by atoms with van der Waals surface area (Å²) in [5.74, 6) is -1.12. The smallest absolute Gasteiger partial charge is 0.418 e. The number of hydrogen-bond acceptors (Lipinski definition) is 5. The van der Waals surface area contributed by atoms with Gasteiger partial charge in [0.05, 0.1) is 18.4 Å². The van der Waals surface area contributed by atoms with Gasteiger partial charge in [-0.2, -0.15) is 13.2 Å². The minimum Gasteiger partial charge on any atom is -0.467 e. The van der Waals surface area contributed by atoms with Gasteiger partial charge in [-0.15, -0.1) is 0 Å². The van der Waals surface area contributed by atoms with Crippen molar-refractivity contribution in [1.82, 2.24) is 4.98 Å². The maximum Gasteiger partial charge on any atom is 0.418 e. The third-order valence-corrected chi connectivity index (χ3v) is 6.51. The van der Waals surface area contributed by atoms with Crippen LogP contribution in [0.5, 0.6) is 0 Å². The lowest BCUT2D eigenvalue weighted by Crippen LogP contribution is -2.40. The normalized spacial score (nSPS) is 21.3. The first kappa shape index (κ1) is 22.0. The van der Waals surface area contributed by atoms with Gasteiger partial charge in [0.15, 0.2) is 0 Å². The van der Waals surface area contributed by atoms with Gasteiger partial charge in [0.25, 0.3) is 5.91 Å². The quantitative estimate of drug-likeness (QED) is 0.565. The van der Waals surface area contributed by atoms with Crippen molar-refractivity contribution in [3.05, 3.63) is 70.0 Å². The van der Waals surface area contributed by atoms with Crippen molar-refractivity contribution < 1.29 is 27.5 Å². The van der Waals surface area contributed by atoms with E-state index in [1.165, 1.54) is 25.4 Å². The van der Waals surface area contributed by atoms with Gasteiger partial charge in [0.1, 0.15) is 11.6 Å². The number of H-pyrrole nitrogens is 1.